The van der Waals surface area contributed by atoms with Crippen LogP contribution in [0.25, 0.3) is 0 Å². The van der Waals surface area contributed by atoms with E-state index in [-0.39, 0.29) is 0 Å². The third-order valence-corrected chi connectivity index (χ3v) is 3.27. The van der Waals surface area contributed by atoms with E-state index in [1.165, 1.54) is 77.5 Å². The van der Waals surface area contributed by atoms with Crippen LogP contribution in [0.3, 0.4) is 0 Å². The molecule has 0 heterocycles. The van der Waals surface area contributed by atoms with Gasteiger partial charge in [0.25, 0.3) is 0 Å². The van der Waals surface area contributed by atoms with E-state index in [4.69, 9.17) is 0 Å². The summed E-state index contributed by atoms with van der Waals surface area (Å²) in [6, 6.07) is 0. The van der Waals surface area contributed by atoms with Crippen molar-refractivity contribution in [2.45, 2.75) is 72.1 Å². The first-order valence-corrected chi connectivity index (χ1v) is 8.18. The molecule has 0 amide bonds. The lowest BCUT2D eigenvalue weighted by molar-refractivity contribution is 0.510. The van der Waals surface area contributed by atoms with Gasteiger partial charge in [0.05, 0.1) is 0 Å². The second-order valence-corrected chi connectivity index (χ2v) is 5.80. The predicted octanol–water partition coefficient (Wildman–Crippen LogP) is 3.96. The molecule has 2 N–H and O–H groups in total. The minimum absolute atomic E-state index is 0.874. The van der Waals surface area contributed by atoms with Crippen molar-refractivity contribution in [3.05, 3.63) is 0 Å². The molecule has 110 valence electrons. The van der Waals surface area contributed by atoms with E-state index >= 15 is 0 Å². The molecule has 0 atom stereocenters. The fourth-order valence-electron chi connectivity index (χ4n) is 2.08. The van der Waals surface area contributed by atoms with E-state index < -0.39 is 0 Å². The highest BCUT2D eigenvalue weighted by Gasteiger charge is 1.94. The van der Waals surface area contributed by atoms with E-state index in [9.17, 15) is 0 Å². The Morgan fingerprint density at radius 1 is 0.667 bits per heavy atom. The van der Waals surface area contributed by atoms with Crippen LogP contribution in [0.4, 0.5) is 0 Å². The van der Waals surface area contributed by atoms with Crippen molar-refractivity contribution in [1.29, 1.82) is 0 Å². The van der Waals surface area contributed by atoms with Gasteiger partial charge in [0, 0.05) is 0 Å². The number of unbranched alkanes of at least 4 members (excludes halogenated alkanes) is 4. The molecule has 0 aliphatic carbocycles. The summed E-state index contributed by atoms with van der Waals surface area (Å²) in [6.07, 6.45) is 10.8. The van der Waals surface area contributed by atoms with Crippen molar-refractivity contribution in [2.75, 3.05) is 26.2 Å². The van der Waals surface area contributed by atoms with Crippen LogP contribution in [0, 0.1) is 5.92 Å². The third kappa shape index (κ3) is 15.9. The molecule has 0 fully saturated rings. The molecule has 2 heteroatoms. The predicted molar refractivity (Wildman–Crippen MR) is 83.2 cm³/mol. The molecule has 0 unspecified atom stereocenters. The van der Waals surface area contributed by atoms with Crippen molar-refractivity contribution in [1.82, 2.24) is 10.6 Å². The SMILES string of the molecule is CCCNCCCCCNCCCCCC(C)C. The molecule has 0 bridgehead atoms. The van der Waals surface area contributed by atoms with Gasteiger partial charge in [-0.3, -0.25) is 0 Å². The first kappa shape index (κ1) is 17.9. The van der Waals surface area contributed by atoms with Crippen LogP contribution >= 0.6 is 0 Å². The Balaban J connectivity index is 2.90. The van der Waals surface area contributed by atoms with Crippen LogP contribution in [0.15, 0.2) is 0 Å². The van der Waals surface area contributed by atoms with Crippen LogP contribution in [0.1, 0.15) is 72.1 Å². The maximum absolute atomic E-state index is 3.56. The maximum atomic E-state index is 3.56. The zero-order chi connectivity index (χ0) is 13.5. The number of hydrogen-bond acceptors (Lipinski definition) is 2. The van der Waals surface area contributed by atoms with Gasteiger partial charge in [-0.2, -0.15) is 0 Å². The monoisotopic (exact) mass is 256 g/mol. The molecular formula is C16H36N2. The molecule has 0 saturated heterocycles. The molecule has 0 aliphatic heterocycles. The minimum atomic E-state index is 0.874. The van der Waals surface area contributed by atoms with E-state index in [0.29, 0.717) is 0 Å². The lowest BCUT2D eigenvalue weighted by atomic mass is 10.1. The van der Waals surface area contributed by atoms with Crippen LogP contribution < -0.4 is 10.6 Å². The first-order chi connectivity index (χ1) is 8.77. The zero-order valence-corrected chi connectivity index (χ0v) is 13.1. The second kappa shape index (κ2) is 15.0. The highest BCUT2D eigenvalue weighted by molar-refractivity contribution is 4.53. The van der Waals surface area contributed by atoms with E-state index in [0.717, 1.165) is 5.92 Å². The summed E-state index contributed by atoms with van der Waals surface area (Å²) in [4.78, 5) is 0. The van der Waals surface area contributed by atoms with E-state index in [2.05, 4.69) is 31.4 Å². The number of nitrogens with one attached hydrogen (secondary N) is 2. The molecule has 2 nitrogen and oxygen atoms in total. The Morgan fingerprint density at radius 3 is 1.67 bits per heavy atom. The van der Waals surface area contributed by atoms with Gasteiger partial charge in [0.15, 0.2) is 0 Å². The Labute approximate surface area is 115 Å². The summed E-state index contributed by atoms with van der Waals surface area (Å²) >= 11 is 0. The topological polar surface area (TPSA) is 24.1 Å². The normalized spacial score (nSPS) is 11.3. The summed E-state index contributed by atoms with van der Waals surface area (Å²) in [5.41, 5.74) is 0. The largest absolute Gasteiger partial charge is 0.317 e. The lowest BCUT2D eigenvalue weighted by Gasteiger charge is -2.06. The quantitative estimate of drug-likeness (QED) is 0.460. The van der Waals surface area contributed by atoms with Gasteiger partial charge >= 0.3 is 0 Å². The smallest absolute Gasteiger partial charge is 0.00489 e. The fraction of sp³-hybridized carbons (Fsp3) is 1.00. The molecule has 0 aromatic heterocycles. The summed E-state index contributed by atoms with van der Waals surface area (Å²) in [5, 5.41) is 7.00. The lowest BCUT2D eigenvalue weighted by Crippen LogP contribution is -2.18. The Bertz CT molecular complexity index is 146. The molecule has 18 heavy (non-hydrogen) atoms. The second-order valence-electron chi connectivity index (χ2n) is 5.80. The molecular weight excluding hydrogens is 220 g/mol. The number of rotatable bonds is 14. The van der Waals surface area contributed by atoms with Crippen LogP contribution in [0.5, 0.6) is 0 Å². The van der Waals surface area contributed by atoms with Crippen molar-refractivity contribution in [3.63, 3.8) is 0 Å². The van der Waals surface area contributed by atoms with Gasteiger partial charge in [0.2, 0.25) is 0 Å². The molecule has 0 radical (unpaired) electrons. The molecule has 0 aromatic carbocycles. The summed E-state index contributed by atoms with van der Waals surface area (Å²) < 4.78 is 0. The summed E-state index contributed by atoms with van der Waals surface area (Å²) in [6.45, 7) is 11.6. The van der Waals surface area contributed by atoms with Gasteiger partial charge in [-0.05, 0) is 57.8 Å². The van der Waals surface area contributed by atoms with Gasteiger partial charge < -0.3 is 10.6 Å². The van der Waals surface area contributed by atoms with Crippen molar-refractivity contribution in [2.24, 2.45) is 5.92 Å². The van der Waals surface area contributed by atoms with Crippen LogP contribution in [-0.2, 0) is 0 Å². The number of hydrogen-bond donors (Lipinski definition) is 2. The van der Waals surface area contributed by atoms with Gasteiger partial charge in [0.1, 0.15) is 0 Å². The summed E-state index contributed by atoms with van der Waals surface area (Å²) in [5.74, 6) is 0.874. The summed E-state index contributed by atoms with van der Waals surface area (Å²) in [7, 11) is 0. The van der Waals surface area contributed by atoms with Crippen LogP contribution in [0.2, 0.25) is 0 Å². The molecule has 0 saturated carbocycles. The van der Waals surface area contributed by atoms with Gasteiger partial charge in [-0.15, -0.1) is 0 Å². The molecule has 0 aliphatic rings. The Morgan fingerprint density at radius 2 is 1.17 bits per heavy atom. The highest BCUT2D eigenvalue weighted by Crippen LogP contribution is 2.07. The highest BCUT2D eigenvalue weighted by atomic mass is 14.8. The van der Waals surface area contributed by atoms with Gasteiger partial charge in [-0.25, -0.2) is 0 Å². The Hall–Kier alpha value is -0.0800. The molecule has 0 aromatic rings. The average molecular weight is 256 g/mol. The van der Waals surface area contributed by atoms with Crippen molar-refractivity contribution < 1.29 is 0 Å². The minimum Gasteiger partial charge on any atom is -0.317 e. The van der Waals surface area contributed by atoms with Crippen molar-refractivity contribution >= 4 is 0 Å². The Kier molecular flexibility index (Phi) is 14.9. The van der Waals surface area contributed by atoms with Crippen molar-refractivity contribution in [3.8, 4) is 0 Å². The maximum Gasteiger partial charge on any atom is -0.00489 e. The average Bonchev–Trinajstić information content (AvgIpc) is 2.34. The molecule has 0 rings (SSSR count). The standard InChI is InChI=1S/C16H36N2/c1-4-12-17-13-9-6-10-15-18-14-8-5-7-11-16(2)3/h16-18H,4-15H2,1-3H3. The third-order valence-electron chi connectivity index (χ3n) is 3.27. The fourth-order valence-corrected chi connectivity index (χ4v) is 2.08. The zero-order valence-electron chi connectivity index (χ0n) is 13.1. The van der Waals surface area contributed by atoms with E-state index in [1.54, 1.807) is 0 Å². The first-order valence-electron chi connectivity index (χ1n) is 8.18. The van der Waals surface area contributed by atoms with Gasteiger partial charge in [-0.1, -0.05) is 46.5 Å². The van der Waals surface area contributed by atoms with E-state index in [1.807, 2.05) is 0 Å². The molecule has 0 spiro atoms. The van der Waals surface area contributed by atoms with Crippen LogP contribution in [-0.4, -0.2) is 26.2 Å².